The molecule has 0 bridgehead atoms. The molecule has 2 aromatic carbocycles. The number of hydrogen-bond acceptors (Lipinski definition) is 5. The highest BCUT2D eigenvalue weighted by molar-refractivity contribution is 6.29. The number of aromatic nitrogens is 2. The van der Waals surface area contributed by atoms with Crippen LogP contribution in [0.1, 0.15) is 16.7 Å². The van der Waals surface area contributed by atoms with Crippen molar-refractivity contribution in [3.63, 3.8) is 0 Å². The number of benzene rings is 2. The second-order valence-electron chi connectivity index (χ2n) is 5.90. The summed E-state index contributed by atoms with van der Waals surface area (Å²) in [5, 5.41) is 15.2. The number of carbonyl (C=O) groups is 1. The molecule has 6 nitrogen and oxygen atoms in total. The van der Waals surface area contributed by atoms with E-state index in [9.17, 15) is 14.7 Å². The highest BCUT2D eigenvalue weighted by atomic mass is 35.5. The predicted octanol–water partition coefficient (Wildman–Crippen LogP) is 2.35. The van der Waals surface area contributed by atoms with E-state index in [0.29, 0.717) is 0 Å². The summed E-state index contributed by atoms with van der Waals surface area (Å²) in [6.45, 7) is 0.138. The molecule has 0 radical (unpaired) electrons. The SMILES string of the molecule is COC(=O)C(O)(c1ccccc1)c1cc(Cl)nn(Cc2ccccc2)c1=O. The molecule has 0 aliphatic heterocycles. The number of ether oxygens (including phenoxy) is 1. The minimum atomic E-state index is -2.31. The Morgan fingerprint density at radius 3 is 2.33 bits per heavy atom. The predicted molar refractivity (Wildman–Crippen MR) is 101 cm³/mol. The topological polar surface area (TPSA) is 81.4 Å². The van der Waals surface area contributed by atoms with Crippen LogP contribution in [0.25, 0.3) is 0 Å². The Morgan fingerprint density at radius 2 is 1.74 bits per heavy atom. The maximum absolute atomic E-state index is 13.0. The first-order valence-corrected chi connectivity index (χ1v) is 8.53. The minimum Gasteiger partial charge on any atom is -0.466 e. The molecule has 7 heteroatoms. The van der Waals surface area contributed by atoms with Crippen LogP contribution in [0.2, 0.25) is 5.15 Å². The Bertz CT molecular complexity index is 1010. The van der Waals surface area contributed by atoms with Gasteiger partial charge in [0.25, 0.3) is 5.56 Å². The maximum atomic E-state index is 13.0. The van der Waals surface area contributed by atoms with Gasteiger partial charge in [-0.3, -0.25) is 4.79 Å². The molecule has 3 aromatic rings. The van der Waals surface area contributed by atoms with Crippen LogP contribution in [0.5, 0.6) is 0 Å². The number of esters is 1. The molecule has 0 amide bonds. The van der Waals surface area contributed by atoms with Crippen LogP contribution in [0.3, 0.4) is 0 Å². The van der Waals surface area contributed by atoms with E-state index in [2.05, 4.69) is 5.10 Å². The highest BCUT2D eigenvalue weighted by Crippen LogP contribution is 2.29. The molecule has 3 rings (SSSR count). The third kappa shape index (κ3) is 3.63. The van der Waals surface area contributed by atoms with Crippen molar-refractivity contribution < 1.29 is 14.6 Å². The summed E-state index contributed by atoms with van der Waals surface area (Å²) < 4.78 is 5.89. The van der Waals surface area contributed by atoms with Crippen molar-refractivity contribution >= 4 is 17.6 Å². The second kappa shape index (κ2) is 7.73. The van der Waals surface area contributed by atoms with Gasteiger partial charge in [-0.05, 0) is 17.2 Å². The molecule has 0 aliphatic carbocycles. The highest BCUT2D eigenvalue weighted by Gasteiger charge is 2.44. The van der Waals surface area contributed by atoms with Crippen molar-refractivity contribution in [2.45, 2.75) is 12.1 Å². The minimum absolute atomic E-state index is 0.0289. The van der Waals surface area contributed by atoms with Gasteiger partial charge in [0.2, 0.25) is 5.60 Å². The lowest BCUT2D eigenvalue weighted by Crippen LogP contribution is -2.44. The van der Waals surface area contributed by atoms with Gasteiger partial charge in [0.05, 0.1) is 19.2 Å². The molecule has 138 valence electrons. The molecule has 0 spiro atoms. The Kier molecular flexibility index (Phi) is 5.39. The number of carbonyl (C=O) groups excluding carboxylic acids is 1. The third-order valence-corrected chi connectivity index (χ3v) is 4.37. The van der Waals surface area contributed by atoms with Gasteiger partial charge in [0.15, 0.2) is 0 Å². The molecule has 1 unspecified atom stereocenters. The summed E-state index contributed by atoms with van der Waals surface area (Å²) in [5.41, 5.74) is -2.15. The van der Waals surface area contributed by atoms with Gasteiger partial charge in [-0.1, -0.05) is 72.3 Å². The van der Waals surface area contributed by atoms with Crippen molar-refractivity contribution in [1.29, 1.82) is 0 Å². The number of halogens is 1. The Balaban J connectivity index is 2.19. The van der Waals surface area contributed by atoms with E-state index in [1.54, 1.807) is 18.2 Å². The van der Waals surface area contributed by atoms with Gasteiger partial charge in [0.1, 0.15) is 5.15 Å². The Morgan fingerprint density at radius 1 is 1.15 bits per heavy atom. The first-order valence-electron chi connectivity index (χ1n) is 8.15. The van der Waals surface area contributed by atoms with E-state index in [1.165, 1.54) is 18.2 Å². The monoisotopic (exact) mass is 384 g/mol. The molecule has 1 N–H and O–H groups in total. The average molecular weight is 385 g/mol. The van der Waals surface area contributed by atoms with Gasteiger partial charge in [-0.25, -0.2) is 9.48 Å². The molecule has 0 saturated heterocycles. The molecule has 0 aliphatic rings. The fourth-order valence-corrected chi connectivity index (χ4v) is 3.04. The lowest BCUT2D eigenvalue weighted by atomic mass is 9.87. The van der Waals surface area contributed by atoms with Crippen molar-refractivity contribution in [2.24, 2.45) is 0 Å². The zero-order valence-corrected chi connectivity index (χ0v) is 15.3. The van der Waals surface area contributed by atoms with Crippen LogP contribution in [-0.4, -0.2) is 28.0 Å². The maximum Gasteiger partial charge on any atom is 0.347 e. The number of rotatable bonds is 5. The normalized spacial score (nSPS) is 13.0. The van der Waals surface area contributed by atoms with Crippen LogP contribution in [-0.2, 0) is 21.7 Å². The van der Waals surface area contributed by atoms with E-state index in [4.69, 9.17) is 16.3 Å². The summed E-state index contributed by atoms with van der Waals surface area (Å²) >= 11 is 6.10. The van der Waals surface area contributed by atoms with E-state index >= 15 is 0 Å². The number of hydrogen-bond donors (Lipinski definition) is 1. The summed E-state index contributed by atoms with van der Waals surface area (Å²) in [5.74, 6) is -0.987. The van der Waals surface area contributed by atoms with Crippen LogP contribution < -0.4 is 5.56 Å². The van der Waals surface area contributed by atoms with Crippen molar-refractivity contribution in [3.05, 3.63) is 98.9 Å². The molecule has 27 heavy (non-hydrogen) atoms. The molecule has 1 atom stereocenters. The summed E-state index contributed by atoms with van der Waals surface area (Å²) in [6, 6.07) is 18.5. The first kappa shape index (κ1) is 18.8. The summed E-state index contributed by atoms with van der Waals surface area (Å²) in [7, 11) is 1.14. The zero-order valence-electron chi connectivity index (χ0n) is 14.5. The fraction of sp³-hybridized carbons (Fsp3) is 0.150. The molecule has 0 fully saturated rings. The second-order valence-corrected chi connectivity index (χ2v) is 6.28. The fourth-order valence-electron chi connectivity index (χ4n) is 2.84. The van der Waals surface area contributed by atoms with E-state index < -0.39 is 17.1 Å². The van der Waals surface area contributed by atoms with Crippen molar-refractivity contribution in [3.8, 4) is 0 Å². The lowest BCUT2D eigenvalue weighted by molar-refractivity contribution is -0.159. The lowest BCUT2D eigenvalue weighted by Gasteiger charge is -2.26. The van der Waals surface area contributed by atoms with Gasteiger partial charge in [-0.15, -0.1) is 0 Å². The van der Waals surface area contributed by atoms with Gasteiger partial charge in [-0.2, -0.15) is 5.10 Å². The largest absolute Gasteiger partial charge is 0.466 e. The van der Waals surface area contributed by atoms with Crippen LogP contribution in [0.15, 0.2) is 71.5 Å². The van der Waals surface area contributed by atoms with Crippen molar-refractivity contribution in [1.82, 2.24) is 9.78 Å². The van der Waals surface area contributed by atoms with E-state index in [0.717, 1.165) is 17.4 Å². The molecular weight excluding hydrogens is 368 g/mol. The smallest absolute Gasteiger partial charge is 0.347 e. The molecule has 1 aromatic heterocycles. The average Bonchev–Trinajstić information content (AvgIpc) is 2.70. The standard InChI is InChI=1S/C20H17ClN2O4/c1-27-19(25)20(26,15-10-6-3-7-11-15)16-12-17(21)22-23(18(16)24)13-14-8-4-2-5-9-14/h2-12,26H,13H2,1H3. The summed E-state index contributed by atoms with van der Waals surface area (Å²) in [4.78, 5) is 25.5. The number of nitrogens with zero attached hydrogens (tertiary/aromatic N) is 2. The van der Waals surface area contributed by atoms with Gasteiger partial charge in [0, 0.05) is 0 Å². The molecular formula is C20H17ClN2O4. The van der Waals surface area contributed by atoms with E-state index in [-0.39, 0.29) is 22.8 Å². The number of methoxy groups -OCH3 is 1. The quantitative estimate of drug-likeness (QED) is 0.683. The van der Waals surface area contributed by atoms with Gasteiger partial charge < -0.3 is 9.84 Å². The van der Waals surface area contributed by atoms with Crippen LogP contribution >= 0.6 is 11.6 Å². The number of aliphatic hydroxyl groups is 1. The van der Waals surface area contributed by atoms with Gasteiger partial charge >= 0.3 is 5.97 Å². The Labute approximate surface area is 160 Å². The molecule has 0 saturated carbocycles. The third-order valence-electron chi connectivity index (χ3n) is 4.18. The van der Waals surface area contributed by atoms with Crippen molar-refractivity contribution in [2.75, 3.05) is 7.11 Å². The van der Waals surface area contributed by atoms with E-state index in [1.807, 2.05) is 30.3 Å². The van der Waals surface area contributed by atoms with Crippen LogP contribution in [0, 0.1) is 0 Å². The zero-order chi connectivity index (χ0) is 19.4. The first-order chi connectivity index (χ1) is 13.0. The summed E-state index contributed by atoms with van der Waals surface area (Å²) in [6.07, 6.45) is 0. The molecule has 1 heterocycles. The van der Waals surface area contributed by atoms with Crippen LogP contribution in [0.4, 0.5) is 0 Å². The Hall–Kier alpha value is -2.96.